The topological polar surface area (TPSA) is 128 Å². The Kier molecular flexibility index (Phi) is 7.69. The summed E-state index contributed by atoms with van der Waals surface area (Å²) >= 11 is 1.35. The van der Waals surface area contributed by atoms with E-state index in [4.69, 9.17) is 9.88 Å². The average molecular weight is 426 g/mol. The van der Waals surface area contributed by atoms with E-state index < -0.39 is 16.0 Å². The number of sulfonamides is 1. The van der Waals surface area contributed by atoms with Crippen LogP contribution in [-0.4, -0.2) is 33.4 Å². The van der Waals surface area contributed by atoms with Gasteiger partial charge in [-0.3, -0.25) is 4.79 Å². The maximum Gasteiger partial charge on any atom is 0.341 e. The summed E-state index contributed by atoms with van der Waals surface area (Å²) in [6.07, 6.45) is 0.750. The third-order valence-corrected chi connectivity index (χ3v) is 5.87. The minimum absolute atomic E-state index is 0.0264. The molecule has 0 atom stereocenters. The molecule has 1 aromatic heterocycles. The first-order chi connectivity index (χ1) is 13.2. The summed E-state index contributed by atoms with van der Waals surface area (Å²) in [5.41, 5.74) is 1.16. The molecule has 0 unspecified atom stereocenters. The second-order valence-electron chi connectivity index (χ2n) is 5.87. The van der Waals surface area contributed by atoms with E-state index in [1.807, 2.05) is 6.92 Å². The number of esters is 1. The number of anilines is 1. The molecule has 0 aliphatic rings. The molecule has 28 heavy (non-hydrogen) atoms. The predicted octanol–water partition coefficient (Wildman–Crippen LogP) is 1.86. The second-order valence-corrected chi connectivity index (χ2v) is 8.57. The van der Waals surface area contributed by atoms with Gasteiger partial charge in [-0.2, -0.15) is 0 Å². The Morgan fingerprint density at radius 1 is 1.18 bits per heavy atom. The van der Waals surface area contributed by atoms with Crippen LogP contribution in [0.4, 0.5) is 5.00 Å². The zero-order valence-electron chi connectivity index (χ0n) is 15.7. The van der Waals surface area contributed by atoms with E-state index >= 15 is 0 Å². The largest absolute Gasteiger partial charge is 0.462 e. The van der Waals surface area contributed by atoms with Gasteiger partial charge >= 0.3 is 5.97 Å². The molecule has 0 saturated heterocycles. The number of nitrogens with two attached hydrogens (primary N) is 1. The molecular formula is C18H23N3O5S2. The van der Waals surface area contributed by atoms with E-state index in [1.165, 1.54) is 23.5 Å². The van der Waals surface area contributed by atoms with Crippen LogP contribution in [0.3, 0.4) is 0 Å². The van der Waals surface area contributed by atoms with E-state index in [0.29, 0.717) is 17.1 Å². The molecule has 0 aliphatic heterocycles. The number of nitrogens with one attached hydrogen (secondary N) is 2. The summed E-state index contributed by atoms with van der Waals surface area (Å²) in [5, 5.41) is 11.2. The van der Waals surface area contributed by atoms with Gasteiger partial charge in [-0.15, -0.1) is 11.3 Å². The molecule has 2 rings (SSSR count). The molecule has 152 valence electrons. The van der Waals surface area contributed by atoms with E-state index in [2.05, 4.69) is 10.6 Å². The SMILES string of the molecule is CCOC(=O)c1cc(CC)sc1NC(=O)CNCc1ccc(S(N)(=O)=O)cc1. The Labute approximate surface area is 168 Å². The minimum atomic E-state index is -3.72. The lowest BCUT2D eigenvalue weighted by Gasteiger charge is -2.08. The molecule has 10 heteroatoms. The van der Waals surface area contributed by atoms with Crippen LogP contribution in [0.15, 0.2) is 35.2 Å². The van der Waals surface area contributed by atoms with Crippen LogP contribution in [0.5, 0.6) is 0 Å². The number of benzene rings is 1. The van der Waals surface area contributed by atoms with Crippen LogP contribution in [0.2, 0.25) is 0 Å². The fourth-order valence-corrected chi connectivity index (χ4v) is 3.87. The van der Waals surface area contributed by atoms with Gasteiger partial charge in [0.25, 0.3) is 0 Å². The standard InChI is InChI=1S/C18H23N3O5S2/c1-3-13-9-15(18(23)26-4-2)17(27-13)21-16(22)11-20-10-12-5-7-14(8-6-12)28(19,24)25/h5-9,20H,3-4,10-11H2,1-2H3,(H,21,22)(H2,19,24,25). The number of aryl methyl sites for hydroxylation is 1. The Bertz CT molecular complexity index is 937. The molecule has 0 saturated carbocycles. The van der Waals surface area contributed by atoms with Crippen molar-refractivity contribution in [2.45, 2.75) is 31.7 Å². The van der Waals surface area contributed by atoms with Gasteiger partial charge in [0.1, 0.15) is 5.00 Å². The number of carbonyl (C=O) groups excluding carboxylic acids is 2. The van der Waals surface area contributed by atoms with E-state index in [9.17, 15) is 18.0 Å². The molecule has 4 N–H and O–H groups in total. The highest BCUT2D eigenvalue weighted by atomic mass is 32.2. The van der Waals surface area contributed by atoms with Crippen molar-refractivity contribution in [2.75, 3.05) is 18.5 Å². The molecular weight excluding hydrogens is 402 g/mol. The first-order valence-electron chi connectivity index (χ1n) is 8.66. The number of hydrogen-bond acceptors (Lipinski definition) is 7. The van der Waals surface area contributed by atoms with Gasteiger partial charge in [0.15, 0.2) is 0 Å². The molecule has 1 amide bonds. The first kappa shape index (κ1) is 22.0. The summed E-state index contributed by atoms with van der Waals surface area (Å²) in [5.74, 6) is -0.757. The summed E-state index contributed by atoms with van der Waals surface area (Å²) in [6, 6.07) is 7.80. The van der Waals surface area contributed by atoms with Crippen molar-refractivity contribution in [1.29, 1.82) is 0 Å². The maximum atomic E-state index is 12.2. The molecule has 1 heterocycles. The third-order valence-electron chi connectivity index (χ3n) is 3.75. The Balaban J connectivity index is 1.92. The van der Waals surface area contributed by atoms with Gasteiger partial charge in [-0.05, 0) is 37.1 Å². The lowest BCUT2D eigenvalue weighted by molar-refractivity contribution is -0.115. The smallest absolute Gasteiger partial charge is 0.341 e. The molecule has 0 fully saturated rings. The number of amides is 1. The normalized spacial score (nSPS) is 11.2. The van der Waals surface area contributed by atoms with Crippen molar-refractivity contribution >= 4 is 38.2 Å². The Morgan fingerprint density at radius 3 is 2.43 bits per heavy atom. The summed E-state index contributed by atoms with van der Waals surface area (Å²) in [7, 11) is -3.72. The van der Waals surface area contributed by atoms with E-state index in [0.717, 1.165) is 16.9 Å². The number of carbonyl (C=O) groups is 2. The molecule has 8 nitrogen and oxygen atoms in total. The van der Waals surface area contributed by atoms with Gasteiger partial charge in [0, 0.05) is 11.4 Å². The lowest BCUT2D eigenvalue weighted by Crippen LogP contribution is -2.28. The van der Waals surface area contributed by atoms with Crippen LogP contribution in [-0.2, 0) is 32.5 Å². The van der Waals surface area contributed by atoms with Crippen LogP contribution in [0.1, 0.15) is 34.6 Å². The highest BCUT2D eigenvalue weighted by Crippen LogP contribution is 2.29. The zero-order chi connectivity index (χ0) is 20.7. The van der Waals surface area contributed by atoms with Crippen LogP contribution < -0.4 is 15.8 Å². The molecule has 2 aromatic rings. The number of thiophene rings is 1. The van der Waals surface area contributed by atoms with Gasteiger partial charge < -0.3 is 15.4 Å². The number of rotatable bonds is 9. The Hall–Kier alpha value is -2.27. The van der Waals surface area contributed by atoms with Crippen LogP contribution >= 0.6 is 11.3 Å². The fourth-order valence-electron chi connectivity index (χ4n) is 2.36. The predicted molar refractivity (Wildman–Crippen MR) is 108 cm³/mol. The van der Waals surface area contributed by atoms with Crippen LogP contribution in [0.25, 0.3) is 0 Å². The third kappa shape index (κ3) is 6.13. The van der Waals surface area contributed by atoms with Crippen molar-refractivity contribution < 1.29 is 22.7 Å². The van der Waals surface area contributed by atoms with Crippen molar-refractivity contribution in [3.8, 4) is 0 Å². The summed E-state index contributed by atoms with van der Waals surface area (Å²) < 4.78 is 27.5. The van der Waals surface area contributed by atoms with Crippen molar-refractivity contribution in [3.63, 3.8) is 0 Å². The first-order valence-corrected chi connectivity index (χ1v) is 11.0. The zero-order valence-corrected chi connectivity index (χ0v) is 17.3. The van der Waals surface area contributed by atoms with Crippen molar-refractivity contribution in [3.05, 3.63) is 46.3 Å². The fraction of sp³-hybridized carbons (Fsp3) is 0.333. The second kappa shape index (κ2) is 9.78. The highest BCUT2D eigenvalue weighted by molar-refractivity contribution is 7.89. The van der Waals surface area contributed by atoms with Crippen LogP contribution in [0, 0.1) is 0 Å². The molecule has 0 radical (unpaired) electrons. The average Bonchev–Trinajstić information content (AvgIpc) is 3.04. The maximum absolute atomic E-state index is 12.2. The van der Waals surface area contributed by atoms with Gasteiger partial charge in [0.05, 0.1) is 23.6 Å². The number of primary sulfonamides is 1. The lowest BCUT2D eigenvalue weighted by atomic mass is 10.2. The number of hydrogen-bond donors (Lipinski definition) is 3. The summed E-state index contributed by atoms with van der Waals surface area (Å²) in [4.78, 5) is 25.2. The highest BCUT2D eigenvalue weighted by Gasteiger charge is 2.18. The molecule has 0 spiro atoms. The number of ether oxygens (including phenoxy) is 1. The van der Waals surface area contributed by atoms with Crippen molar-refractivity contribution in [2.24, 2.45) is 5.14 Å². The molecule has 0 bridgehead atoms. The molecule has 1 aromatic carbocycles. The van der Waals surface area contributed by atoms with E-state index in [-0.39, 0.29) is 24.0 Å². The summed E-state index contributed by atoms with van der Waals surface area (Å²) in [6.45, 7) is 4.35. The van der Waals surface area contributed by atoms with Crippen molar-refractivity contribution in [1.82, 2.24) is 5.32 Å². The molecule has 0 aliphatic carbocycles. The quantitative estimate of drug-likeness (QED) is 0.526. The minimum Gasteiger partial charge on any atom is -0.462 e. The van der Waals surface area contributed by atoms with Gasteiger partial charge in [0.2, 0.25) is 15.9 Å². The van der Waals surface area contributed by atoms with E-state index in [1.54, 1.807) is 25.1 Å². The Morgan fingerprint density at radius 2 is 1.86 bits per heavy atom. The van der Waals surface area contributed by atoms with Gasteiger partial charge in [-0.25, -0.2) is 18.4 Å². The monoisotopic (exact) mass is 425 g/mol. The van der Waals surface area contributed by atoms with Gasteiger partial charge in [-0.1, -0.05) is 19.1 Å².